The summed E-state index contributed by atoms with van der Waals surface area (Å²) in [6.07, 6.45) is 2.27. The van der Waals surface area contributed by atoms with E-state index in [4.69, 9.17) is 5.73 Å². The predicted octanol–water partition coefficient (Wildman–Crippen LogP) is 0.592. The van der Waals surface area contributed by atoms with Gasteiger partial charge in [0.25, 0.3) is 0 Å². The second kappa shape index (κ2) is 3.90. The Bertz CT molecular complexity index is 170. The van der Waals surface area contributed by atoms with Gasteiger partial charge in [-0.05, 0) is 18.8 Å². The van der Waals surface area contributed by atoms with Crippen LogP contribution in [0, 0.1) is 5.92 Å². The first-order valence-electron chi connectivity index (χ1n) is 4.62. The molecule has 0 aliphatic carbocycles. The van der Waals surface area contributed by atoms with Gasteiger partial charge in [0.1, 0.15) is 0 Å². The number of nitrogens with zero attached hydrogens (tertiary/aromatic N) is 1. The molecule has 2 unspecified atom stereocenters. The van der Waals surface area contributed by atoms with Crippen molar-refractivity contribution in [2.45, 2.75) is 32.7 Å². The van der Waals surface area contributed by atoms with Crippen LogP contribution in [0.3, 0.4) is 0 Å². The molecule has 0 bridgehead atoms. The lowest BCUT2D eigenvalue weighted by molar-refractivity contribution is -0.133. The topological polar surface area (TPSA) is 46.3 Å². The number of likely N-dealkylation sites (tertiary alicyclic amines) is 1. The van der Waals surface area contributed by atoms with Crippen molar-refractivity contribution >= 4 is 5.91 Å². The largest absolute Gasteiger partial charge is 0.338 e. The summed E-state index contributed by atoms with van der Waals surface area (Å²) >= 11 is 0. The third kappa shape index (κ3) is 1.97. The maximum atomic E-state index is 11.2. The molecule has 70 valence electrons. The SMILES string of the molecule is CC(=O)N1CC(C)CCC1CN. The Morgan fingerprint density at radius 2 is 2.25 bits per heavy atom. The highest BCUT2D eigenvalue weighted by Gasteiger charge is 2.26. The van der Waals surface area contributed by atoms with E-state index in [1.54, 1.807) is 6.92 Å². The number of hydrogen-bond acceptors (Lipinski definition) is 2. The Labute approximate surface area is 73.9 Å². The first-order valence-corrected chi connectivity index (χ1v) is 4.62. The minimum atomic E-state index is 0.164. The van der Waals surface area contributed by atoms with Gasteiger partial charge in [-0.15, -0.1) is 0 Å². The molecule has 1 heterocycles. The molecule has 2 N–H and O–H groups in total. The second-order valence-corrected chi connectivity index (χ2v) is 3.74. The fourth-order valence-electron chi connectivity index (χ4n) is 1.84. The first kappa shape index (κ1) is 9.52. The van der Waals surface area contributed by atoms with Crippen LogP contribution in [0.2, 0.25) is 0 Å². The maximum absolute atomic E-state index is 11.2. The second-order valence-electron chi connectivity index (χ2n) is 3.74. The number of hydrogen-bond donors (Lipinski definition) is 1. The molecule has 3 heteroatoms. The summed E-state index contributed by atoms with van der Waals surface area (Å²) in [6.45, 7) is 5.30. The van der Waals surface area contributed by atoms with Crippen molar-refractivity contribution in [2.24, 2.45) is 11.7 Å². The zero-order chi connectivity index (χ0) is 9.14. The van der Waals surface area contributed by atoms with Crippen molar-refractivity contribution < 1.29 is 4.79 Å². The molecule has 1 aliphatic rings. The minimum Gasteiger partial charge on any atom is -0.338 e. The van der Waals surface area contributed by atoms with Crippen molar-refractivity contribution in [3.05, 3.63) is 0 Å². The monoisotopic (exact) mass is 170 g/mol. The third-order valence-electron chi connectivity index (χ3n) is 2.62. The van der Waals surface area contributed by atoms with Crippen molar-refractivity contribution in [1.29, 1.82) is 0 Å². The van der Waals surface area contributed by atoms with Gasteiger partial charge in [0.15, 0.2) is 0 Å². The molecule has 0 spiro atoms. The molecule has 0 aromatic heterocycles. The van der Waals surface area contributed by atoms with E-state index < -0.39 is 0 Å². The number of rotatable bonds is 1. The van der Waals surface area contributed by atoms with Crippen molar-refractivity contribution in [3.63, 3.8) is 0 Å². The van der Waals surface area contributed by atoms with E-state index in [0.29, 0.717) is 18.5 Å². The number of nitrogens with two attached hydrogens (primary N) is 1. The van der Waals surface area contributed by atoms with E-state index in [1.807, 2.05) is 4.90 Å². The van der Waals surface area contributed by atoms with E-state index in [0.717, 1.165) is 13.0 Å². The maximum Gasteiger partial charge on any atom is 0.219 e. The Hall–Kier alpha value is -0.570. The molecule has 1 aliphatic heterocycles. The molecule has 0 saturated carbocycles. The quantitative estimate of drug-likeness (QED) is 0.626. The Balaban J connectivity index is 2.58. The molecule has 2 atom stereocenters. The van der Waals surface area contributed by atoms with Gasteiger partial charge >= 0.3 is 0 Å². The molecule has 1 rings (SSSR count). The lowest BCUT2D eigenvalue weighted by Crippen LogP contribution is -2.48. The van der Waals surface area contributed by atoms with Crippen molar-refractivity contribution in [3.8, 4) is 0 Å². The summed E-state index contributed by atoms with van der Waals surface area (Å²) in [7, 11) is 0. The minimum absolute atomic E-state index is 0.164. The molecule has 3 nitrogen and oxygen atoms in total. The normalized spacial score (nSPS) is 30.4. The van der Waals surface area contributed by atoms with Gasteiger partial charge in [-0.25, -0.2) is 0 Å². The summed E-state index contributed by atoms with van der Waals surface area (Å²) in [5.74, 6) is 0.800. The fourth-order valence-corrected chi connectivity index (χ4v) is 1.84. The van der Waals surface area contributed by atoms with E-state index in [1.165, 1.54) is 6.42 Å². The highest BCUT2D eigenvalue weighted by Crippen LogP contribution is 2.20. The smallest absolute Gasteiger partial charge is 0.219 e. The van der Waals surface area contributed by atoms with Gasteiger partial charge in [0, 0.05) is 26.1 Å². The van der Waals surface area contributed by atoms with Crippen LogP contribution in [-0.4, -0.2) is 29.9 Å². The van der Waals surface area contributed by atoms with E-state index in [-0.39, 0.29) is 5.91 Å². The molecular weight excluding hydrogens is 152 g/mol. The molecule has 0 aromatic carbocycles. The van der Waals surface area contributed by atoms with Crippen molar-refractivity contribution in [1.82, 2.24) is 4.90 Å². The molecule has 0 radical (unpaired) electrons. The van der Waals surface area contributed by atoms with Crippen LogP contribution in [0.15, 0.2) is 0 Å². The Kier molecular flexibility index (Phi) is 3.09. The Morgan fingerprint density at radius 3 is 2.75 bits per heavy atom. The van der Waals surface area contributed by atoms with E-state index in [2.05, 4.69) is 6.92 Å². The van der Waals surface area contributed by atoms with Crippen LogP contribution in [0.1, 0.15) is 26.7 Å². The van der Waals surface area contributed by atoms with Crippen LogP contribution >= 0.6 is 0 Å². The van der Waals surface area contributed by atoms with Crippen LogP contribution < -0.4 is 5.73 Å². The van der Waals surface area contributed by atoms with Gasteiger partial charge < -0.3 is 10.6 Å². The van der Waals surface area contributed by atoms with Gasteiger partial charge in [0.05, 0.1) is 0 Å². The third-order valence-corrected chi connectivity index (χ3v) is 2.62. The average molecular weight is 170 g/mol. The Morgan fingerprint density at radius 1 is 1.58 bits per heavy atom. The summed E-state index contributed by atoms with van der Waals surface area (Å²) < 4.78 is 0. The van der Waals surface area contributed by atoms with E-state index in [9.17, 15) is 4.79 Å². The van der Waals surface area contributed by atoms with Crippen LogP contribution in [0.25, 0.3) is 0 Å². The molecule has 1 fully saturated rings. The summed E-state index contributed by atoms with van der Waals surface area (Å²) in [6, 6.07) is 0.290. The molecule has 12 heavy (non-hydrogen) atoms. The van der Waals surface area contributed by atoms with Gasteiger partial charge in [-0.3, -0.25) is 4.79 Å². The van der Waals surface area contributed by atoms with Crippen LogP contribution in [0.5, 0.6) is 0 Å². The van der Waals surface area contributed by atoms with Crippen molar-refractivity contribution in [2.75, 3.05) is 13.1 Å². The zero-order valence-electron chi connectivity index (χ0n) is 7.92. The van der Waals surface area contributed by atoms with Gasteiger partial charge in [-0.2, -0.15) is 0 Å². The van der Waals surface area contributed by atoms with Crippen LogP contribution in [-0.2, 0) is 4.79 Å². The standard InChI is InChI=1S/C9H18N2O/c1-7-3-4-9(5-10)11(6-7)8(2)12/h7,9H,3-6,10H2,1-2H3. The highest BCUT2D eigenvalue weighted by atomic mass is 16.2. The number of carbonyl (C=O) groups is 1. The average Bonchev–Trinajstić information content (AvgIpc) is 2.04. The number of amides is 1. The molecule has 0 aromatic rings. The number of piperidine rings is 1. The lowest BCUT2D eigenvalue weighted by atomic mass is 9.94. The lowest BCUT2D eigenvalue weighted by Gasteiger charge is -2.37. The van der Waals surface area contributed by atoms with Gasteiger partial charge in [0.2, 0.25) is 5.91 Å². The summed E-state index contributed by atoms with van der Waals surface area (Å²) in [5, 5.41) is 0. The molecular formula is C9H18N2O. The summed E-state index contributed by atoms with van der Waals surface area (Å²) in [4.78, 5) is 13.1. The summed E-state index contributed by atoms with van der Waals surface area (Å²) in [5.41, 5.74) is 5.58. The van der Waals surface area contributed by atoms with Gasteiger partial charge in [-0.1, -0.05) is 6.92 Å². The predicted molar refractivity (Wildman–Crippen MR) is 48.6 cm³/mol. The van der Waals surface area contributed by atoms with Crippen LogP contribution in [0.4, 0.5) is 0 Å². The zero-order valence-corrected chi connectivity index (χ0v) is 7.92. The molecule has 1 saturated heterocycles. The highest BCUT2D eigenvalue weighted by molar-refractivity contribution is 5.73. The number of carbonyl (C=O) groups excluding carboxylic acids is 1. The first-order chi connectivity index (χ1) is 5.65. The fraction of sp³-hybridized carbons (Fsp3) is 0.889. The molecule has 1 amide bonds. The van der Waals surface area contributed by atoms with E-state index >= 15 is 0 Å².